The first-order chi connectivity index (χ1) is 7.40. The number of nitrogens with zero attached hydrogens (tertiary/aromatic N) is 3. The molecule has 15 heavy (non-hydrogen) atoms. The summed E-state index contributed by atoms with van der Waals surface area (Å²) >= 11 is 0. The summed E-state index contributed by atoms with van der Waals surface area (Å²) in [6, 6.07) is 0. The van der Waals surface area contributed by atoms with Crippen molar-refractivity contribution in [3.05, 3.63) is 18.0 Å². The molecule has 0 N–H and O–H groups in total. The van der Waals surface area contributed by atoms with Gasteiger partial charge in [0.1, 0.15) is 0 Å². The Labute approximate surface area is 90.3 Å². The van der Waals surface area contributed by atoms with Crippen LogP contribution in [0.1, 0.15) is 18.9 Å². The van der Waals surface area contributed by atoms with Crippen molar-refractivity contribution in [3.63, 3.8) is 0 Å². The standard InChI is InChI=1S/C11H17N3O/c1-2-3-10-8-12-11(13-9-10)14-4-6-15-7-5-14/h8-9H,2-7H2,1H3. The molecule has 0 aromatic carbocycles. The molecule has 0 bridgehead atoms. The van der Waals surface area contributed by atoms with Gasteiger partial charge in [-0.1, -0.05) is 13.3 Å². The molecular weight excluding hydrogens is 190 g/mol. The van der Waals surface area contributed by atoms with Crippen molar-refractivity contribution >= 4 is 5.95 Å². The number of aromatic nitrogens is 2. The maximum absolute atomic E-state index is 5.29. The number of rotatable bonds is 3. The number of hydrogen-bond donors (Lipinski definition) is 0. The first-order valence-electron chi connectivity index (χ1n) is 5.54. The van der Waals surface area contributed by atoms with Gasteiger partial charge in [0.2, 0.25) is 5.95 Å². The number of ether oxygens (including phenoxy) is 1. The van der Waals surface area contributed by atoms with E-state index in [9.17, 15) is 0 Å². The van der Waals surface area contributed by atoms with Crippen molar-refractivity contribution in [2.45, 2.75) is 19.8 Å². The summed E-state index contributed by atoms with van der Waals surface area (Å²) < 4.78 is 5.29. The lowest BCUT2D eigenvalue weighted by molar-refractivity contribution is 0.122. The highest BCUT2D eigenvalue weighted by Crippen LogP contribution is 2.09. The molecule has 82 valence electrons. The lowest BCUT2D eigenvalue weighted by Gasteiger charge is -2.26. The molecule has 1 aromatic heterocycles. The summed E-state index contributed by atoms with van der Waals surface area (Å²) in [5.74, 6) is 0.832. The molecule has 0 atom stereocenters. The molecule has 1 fully saturated rings. The van der Waals surface area contributed by atoms with Crippen molar-refractivity contribution < 1.29 is 4.74 Å². The van der Waals surface area contributed by atoms with Crippen LogP contribution in [-0.2, 0) is 11.2 Å². The lowest BCUT2D eigenvalue weighted by atomic mass is 10.2. The van der Waals surface area contributed by atoms with E-state index in [0.717, 1.165) is 45.1 Å². The molecule has 1 aromatic rings. The first kappa shape index (κ1) is 10.4. The summed E-state index contributed by atoms with van der Waals surface area (Å²) in [4.78, 5) is 10.9. The van der Waals surface area contributed by atoms with Crippen molar-refractivity contribution in [3.8, 4) is 0 Å². The van der Waals surface area contributed by atoms with Crippen molar-refractivity contribution in [2.75, 3.05) is 31.2 Å². The van der Waals surface area contributed by atoms with Crippen LogP contribution in [0.3, 0.4) is 0 Å². The smallest absolute Gasteiger partial charge is 0.225 e. The second-order valence-electron chi connectivity index (χ2n) is 3.74. The number of anilines is 1. The lowest BCUT2D eigenvalue weighted by Crippen LogP contribution is -2.37. The SMILES string of the molecule is CCCc1cnc(N2CCOCC2)nc1. The van der Waals surface area contributed by atoms with E-state index in [4.69, 9.17) is 4.74 Å². The fraction of sp³-hybridized carbons (Fsp3) is 0.636. The van der Waals surface area contributed by atoms with Crippen molar-refractivity contribution in [1.29, 1.82) is 0 Å². The summed E-state index contributed by atoms with van der Waals surface area (Å²) in [5, 5.41) is 0. The predicted octanol–water partition coefficient (Wildman–Crippen LogP) is 1.27. The summed E-state index contributed by atoms with van der Waals surface area (Å²) in [6.45, 7) is 5.51. The summed E-state index contributed by atoms with van der Waals surface area (Å²) in [6.07, 6.45) is 6.06. The fourth-order valence-corrected chi connectivity index (χ4v) is 1.69. The molecule has 0 radical (unpaired) electrons. The van der Waals surface area contributed by atoms with E-state index in [-0.39, 0.29) is 0 Å². The fourth-order valence-electron chi connectivity index (χ4n) is 1.69. The van der Waals surface area contributed by atoms with E-state index < -0.39 is 0 Å². The minimum absolute atomic E-state index is 0.778. The minimum atomic E-state index is 0.778. The Morgan fingerprint density at radius 1 is 1.27 bits per heavy atom. The molecule has 2 heterocycles. The summed E-state index contributed by atoms with van der Waals surface area (Å²) in [5.41, 5.74) is 1.22. The van der Waals surface area contributed by atoms with Gasteiger partial charge in [0.05, 0.1) is 13.2 Å². The molecule has 0 saturated carbocycles. The molecule has 4 heteroatoms. The predicted molar refractivity (Wildman–Crippen MR) is 59.1 cm³/mol. The molecule has 4 nitrogen and oxygen atoms in total. The van der Waals surface area contributed by atoms with Gasteiger partial charge in [-0.2, -0.15) is 0 Å². The minimum Gasteiger partial charge on any atom is -0.378 e. The van der Waals surface area contributed by atoms with E-state index in [1.165, 1.54) is 5.56 Å². The van der Waals surface area contributed by atoms with Gasteiger partial charge in [-0.25, -0.2) is 9.97 Å². The Bertz CT molecular complexity index is 293. The topological polar surface area (TPSA) is 38.2 Å². The van der Waals surface area contributed by atoms with Crippen LogP contribution in [-0.4, -0.2) is 36.3 Å². The third kappa shape index (κ3) is 2.65. The molecule has 1 aliphatic heterocycles. The molecule has 0 unspecified atom stereocenters. The molecule has 2 rings (SSSR count). The second kappa shape index (κ2) is 5.07. The second-order valence-corrected chi connectivity index (χ2v) is 3.74. The zero-order valence-electron chi connectivity index (χ0n) is 9.15. The third-order valence-electron chi connectivity index (χ3n) is 2.52. The Balaban J connectivity index is 2.02. The molecule has 1 aliphatic rings. The van der Waals surface area contributed by atoms with Gasteiger partial charge in [-0.15, -0.1) is 0 Å². The Morgan fingerprint density at radius 3 is 2.53 bits per heavy atom. The van der Waals surface area contributed by atoms with Gasteiger partial charge in [0.15, 0.2) is 0 Å². The Morgan fingerprint density at radius 2 is 1.93 bits per heavy atom. The van der Waals surface area contributed by atoms with Crippen LogP contribution in [0, 0.1) is 0 Å². The van der Waals surface area contributed by atoms with E-state index in [2.05, 4.69) is 21.8 Å². The molecule has 0 spiro atoms. The van der Waals surface area contributed by atoms with E-state index in [1.807, 2.05) is 12.4 Å². The molecular formula is C11H17N3O. The number of aryl methyl sites for hydroxylation is 1. The largest absolute Gasteiger partial charge is 0.378 e. The summed E-state index contributed by atoms with van der Waals surface area (Å²) in [7, 11) is 0. The highest BCUT2D eigenvalue weighted by atomic mass is 16.5. The van der Waals surface area contributed by atoms with Gasteiger partial charge in [0.25, 0.3) is 0 Å². The van der Waals surface area contributed by atoms with Gasteiger partial charge < -0.3 is 9.64 Å². The van der Waals surface area contributed by atoms with Crippen LogP contribution in [0.4, 0.5) is 5.95 Å². The molecule has 0 aliphatic carbocycles. The van der Waals surface area contributed by atoms with E-state index in [1.54, 1.807) is 0 Å². The molecule has 0 amide bonds. The van der Waals surface area contributed by atoms with Crippen LogP contribution in [0.15, 0.2) is 12.4 Å². The Kier molecular flexibility index (Phi) is 3.50. The van der Waals surface area contributed by atoms with Gasteiger partial charge in [0, 0.05) is 25.5 Å². The first-order valence-corrected chi connectivity index (χ1v) is 5.54. The number of morpholine rings is 1. The zero-order valence-corrected chi connectivity index (χ0v) is 9.15. The average molecular weight is 207 g/mol. The van der Waals surface area contributed by atoms with Crippen LogP contribution in [0.2, 0.25) is 0 Å². The number of hydrogen-bond acceptors (Lipinski definition) is 4. The van der Waals surface area contributed by atoms with Crippen LogP contribution in [0.25, 0.3) is 0 Å². The third-order valence-corrected chi connectivity index (χ3v) is 2.52. The highest BCUT2D eigenvalue weighted by Gasteiger charge is 2.12. The maximum Gasteiger partial charge on any atom is 0.225 e. The van der Waals surface area contributed by atoms with Crippen LogP contribution < -0.4 is 4.90 Å². The normalized spacial score (nSPS) is 16.7. The van der Waals surface area contributed by atoms with Crippen LogP contribution >= 0.6 is 0 Å². The van der Waals surface area contributed by atoms with E-state index >= 15 is 0 Å². The van der Waals surface area contributed by atoms with Crippen molar-refractivity contribution in [2.24, 2.45) is 0 Å². The van der Waals surface area contributed by atoms with Gasteiger partial charge in [-0.05, 0) is 12.0 Å². The van der Waals surface area contributed by atoms with Gasteiger partial charge in [-0.3, -0.25) is 0 Å². The van der Waals surface area contributed by atoms with E-state index in [0.29, 0.717) is 0 Å². The zero-order chi connectivity index (χ0) is 10.5. The average Bonchev–Trinajstić information content (AvgIpc) is 2.32. The Hall–Kier alpha value is -1.16. The maximum atomic E-state index is 5.29. The monoisotopic (exact) mass is 207 g/mol. The molecule has 1 saturated heterocycles. The highest BCUT2D eigenvalue weighted by molar-refractivity contribution is 5.30. The van der Waals surface area contributed by atoms with Crippen LogP contribution in [0.5, 0.6) is 0 Å². The van der Waals surface area contributed by atoms with Gasteiger partial charge >= 0.3 is 0 Å². The quantitative estimate of drug-likeness (QED) is 0.748. The van der Waals surface area contributed by atoms with Crippen molar-refractivity contribution in [1.82, 2.24) is 9.97 Å².